The minimum absolute atomic E-state index is 0.0147. The summed E-state index contributed by atoms with van der Waals surface area (Å²) in [5.41, 5.74) is 0.654. The first-order valence-electron chi connectivity index (χ1n) is 10.3. The van der Waals surface area contributed by atoms with E-state index in [-0.39, 0.29) is 35.4 Å². The number of aliphatic hydroxyl groups is 1. The molecule has 2 atom stereocenters. The molecule has 170 valence electrons. The van der Waals surface area contributed by atoms with Gasteiger partial charge in [0.1, 0.15) is 6.61 Å². The van der Waals surface area contributed by atoms with Crippen molar-refractivity contribution in [2.75, 3.05) is 45.9 Å². The first kappa shape index (κ1) is 23.5. The molecule has 0 unspecified atom stereocenters. The van der Waals surface area contributed by atoms with Gasteiger partial charge in [-0.3, -0.25) is 29.6 Å². The summed E-state index contributed by atoms with van der Waals surface area (Å²) in [7, 11) is 0. The molecule has 11 heteroatoms. The first-order valence-corrected chi connectivity index (χ1v) is 11.2. The SMILES string of the molecule is CC(=O)S[C@H]1C[C@@H](N2CCN(CCO)CC2)N(C(=O)OCc2ccc([N+](=O)[O-])cc2)C1. The molecule has 2 heterocycles. The predicted octanol–water partition coefficient (Wildman–Crippen LogP) is 1.52. The fraction of sp³-hybridized carbons (Fsp3) is 0.600. The highest BCUT2D eigenvalue weighted by Gasteiger charge is 2.41. The third-order valence-electron chi connectivity index (χ3n) is 5.56. The lowest BCUT2D eigenvalue weighted by Gasteiger charge is -2.40. The van der Waals surface area contributed by atoms with Gasteiger partial charge in [0.05, 0.1) is 17.7 Å². The molecule has 2 aliphatic heterocycles. The minimum Gasteiger partial charge on any atom is -0.445 e. The number of hydrogen-bond donors (Lipinski definition) is 1. The summed E-state index contributed by atoms with van der Waals surface area (Å²) in [4.78, 5) is 40.9. The molecule has 0 radical (unpaired) electrons. The maximum atomic E-state index is 12.9. The highest BCUT2D eigenvalue weighted by atomic mass is 32.2. The van der Waals surface area contributed by atoms with E-state index in [1.807, 2.05) is 0 Å². The van der Waals surface area contributed by atoms with E-state index in [0.717, 1.165) is 26.2 Å². The number of nitro benzene ring substituents is 1. The normalized spacial score (nSPS) is 22.5. The van der Waals surface area contributed by atoms with Crippen LogP contribution >= 0.6 is 11.8 Å². The summed E-state index contributed by atoms with van der Waals surface area (Å²) in [5.74, 6) is 0. The van der Waals surface area contributed by atoms with Gasteiger partial charge in [0, 0.05) is 63.6 Å². The Balaban J connectivity index is 1.61. The van der Waals surface area contributed by atoms with Gasteiger partial charge in [-0.15, -0.1) is 0 Å². The van der Waals surface area contributed by atoms with Gasteiger partial charge in [-0.2, -0.15) is 0 Å². The quantitative estimate of drug-likeness (QED) is 0.485. The number of aliphatic hydroxyl groups excluding tert-OH is 1. The van der Waals surface area contributed by atoms with Gasteiger partial charge in [-0.25, -0.2) is 4.79 Å². The Bertz CT molecular complexity index is 784. The van der Waals surface area contributed by atoms with Crippen LogP contribution in [-0.2, 0) is 16.1 Å². The fourth-order valence-electron chi connectivity index (χ4n) is 4.01. The van der Waals surface area contributed by atoms with E-state index in [0.29, 0.717) is 25.1 Å². The van der Waals surface area contributed by atoms with Gasteiger partial charge in [-0.05, 0) is 24.1 Å². The Hall–Kier alpha value is -2.21. The molecule has 0 aliphatic carbocycles. The molecule has 3 rings (SSSR count). The summed E-state index contributed by atoms with van der Waals surface area (Å²) in [6, 6.07) is 5.91. The molecular weight excluding hydrogens is 424 g/mol. The van der Waals surface area contributed by atoms with Gasteiger partial charge in [-0.1, -0.05) is 11.8 Å². The van der Waals surface area contributed by atoms with E-state index in [2.05, 4.69) is 9.80 Å². The second-order valence-corrected chi connectivity index (χ2v) is 9.16. The molecule has 0 bridgehead atoms. The zero-order valence-corrected chi connectivity index (χ0v) is 18.3. The molecule has 0 spiro atoms. The molecule has 31 heavy (non-hydrogen) atoms. The first-order chi connectivity index (χ1) is 14.9. The monoisotopic (exact) mass is 452 g/mol. The number of amides is 1. The Morgan fingerprint density at radius 1 is 1.23 bits per heavy atom. The van der Waals surface area contributed by atoms with E-state index < -0.39 is 11.0 Å². The number of carbonyl (C=O) groups is 2. The lowest BCUT2D eigenvalue weighted by Crippen LogP contribution is -2.55. The molecule has 1 aromatic carbocycles. The van der Waals surface area contributed by atoms with Crippen LogP contribution in [-0.4, -0.2) is 93.2 Å². The van der Waals surface area contributed by atoms with E-state index in [1.54, 1.807) is 17.0 Å². The summed E-state index contributed by atoms with van der Waals surface area (Å²) >= 11 is 1.26. The van der Waals surface area contributed by atoms with Crippen LogP contribution in [0.1, 0.15) is 18.9 Å². The van der Waals surface area contributed by atoms with Crippen molar-refractivity contribution in [2.24, 2.45) is 0 Å². The molecule has 2 fully saturated rings. The molecule has 10 nitrogen and oxygen atoms in total. The second kappa shape index (κ2) is 10.9. The van der Waals surface area contributed by atoms with Crippen LogP contribution in [0.2, 0.25) is 0 Å². The third-order valence-corrected chi connectivity index (χ3v) is 6.56. The summed E-state index contributed by atoms with van der Waals surface area (Å²) in [6.07, 6.45) is 0.0990. The van der Waals surface area contributed by atoms with E-state index in [9.17, 15) is 19.7 Å². The van der Waals surface area contributed by atoms with Crippen molar-refractivity contribution >= 4 is 28.7 Å². The lowest BCUT2D eigenvalue weighted by atomic mass is 10.2. The zero-order chi connectivity index (χ0) is 22.4. The number of non-ortho nitro benzene ring substituents is 1. The average Bonchev–Trinajstić information content (AvgIpc) is 3.16. The van der Waals surface area contributed by atoms with Crippen molar-refractivity contribution in [1.82, 2.24) is 14.7 Å². The summed E-state index contributed by atoms with van der Waals surface area (Å²) in [5, 5.41) is 19.9. The van der Waals surface area contributed by atoms with Crippen molar-refractivity contribution < 1.29 is 24.4 Å². The third kappa shape index (κ3) is 6.39. The number of β-amino-alcohol motifs (C(OH)–C–C–N with tert-alkyl or cyclic N) is 1. The molecule has 1 aromatic rings. The minimum atomic E-state index is -0.474. The standard InChI is InChI=1S/C20H28N4O6S/c1-15(26)31-18-12-19(22-8-6-21(7-9-22)10-11-25)23(13-18)20(27)30-14-16-2-4-17(5-3-16)24(28)29/h2-5,18-19,25H,6-14H2,1H3/t18-,19-/m0/s1. The van der Waals surface area contributed by atoms with Gasteiger partial charge in [0.25, 0.3) is 5.69 Å². The second-order valence-electron chi connectivity index (χ2n) is 7.68. The van der Waals surface area contributed by atoms with Crippen LogP contribution < -0.4 is 0 Å². The van der Waals surface area contributed by atoms with Gasteiger partial charge < -0.3 is 9.84 Å². The molecule has 2 saturated heterocycles. The van der Waals surface area contributed by atoms with Gasteiger partial charge in [0.15, 0.2) is 5.12 Å². The van der Waals surface area contributed by atoms with Crippen LogP contribution in [0.15, 0.2) is 24.3 Å². The molecule has 1 amide bonds. The molecule has 2 aliphatic rings. The van der Waals surface area contributed by atoms with Crippen molar-refractivity contribution in [3.63, 3.8) is 0 Å². The van der Waals surface area contributed by atoms with Crippen LogP contribution in [0, 0.1) is 10.1 Å². The van der Waals surface area contributed by atoms with Gasteiger partial charge >= 0.3 is 6.09 Å². The smallest absolute Gasteiger partial charge is 0.411 e. The Morgan fingerprint density at radius 3 is 2.48 bits per heavy atom. The maximum Gasteiger partial charge on any atom is 0.411 e. The number of benzene rings is 1. The van der Waals surface area contributed by atoms with Crippen LogP contribution in [0.5, 0.6) is 0 Å². The number of hydrogen-bond acceptors (Lipinski definition) is 9. The fourth-order valence-corrected chi connectivity index (χ4v) is 4.98. The Kier molecular flexibility index (Phi) is 8.24. The highest BCUT2D eigenvalue weighted by Crippen LogP contribution is 2.31. The highest BCUT2D eigenvalue weighted by molar-refractivity contribution is 8.14. The number of ether oxygens (including phenoxy) is 1. The number of thioether (sulfide) groups is 1. The predicted molar refractivity (Wildman–Crippen MR) is 116 cm³/mol. The number of carbonyl (C=O) groups excluding carboxylic acids is 2. The van der Waals surface area contributed by atoms with Crippen molar-refractivity contribution in [3.8, 4) is 0 Å². The molecule has 1 N–H and O–H groups in total. The molecule has 0 saturated carbocycles. The number of nitro groups is 1. The molecular formula is C20H28N4O6S. The van der Waals surface area contributed by atoms with E-state index in [1.165, 1.54) is 30.8 Å². The largest absolute Gasteiger partial charge is 0.445 e. The van der Waals surface area contributed by atoms with Crippen LogP contribution in [0.25, 0.3) is 0 Å². The summed E-state index contributed by atoms with van der Waals surface area (Å²) < 4.78 is 5.50. The lowest BCUT2D eigenvalue weighted by molar-refractivity contribution is -0.384. The maximum absolute atomic E-state index is 12.9. The Morgan fingerprint density at radius 2 is 1.90 bits per heavy atom. The van der Waals surface area contributed by atoms with Crippen molar-refractivity contribution in [2.45, 2.75) is 31.4 Å². The van der Waals surface area contributed by atoms with E-state index in [4.69, 9.17) is 9.84 Å². The van der Waals surface area contributed by atoms with Crippen LogP contribution in [0.3, 0.4) is 0 Å². The van der Waals surface area contributed by atoms with E-state index >= 15 is 0 Å². The number of nitrogens with zero attached hydrogens (tertiary/aromatic N) is 4. The molecule has 0 aromatic heterocycles. The van der Waals surface area contributed by atoms with Crippen molar-refractivity contribution in [3.05, 3.63) is 39.9 Å². The van der Waals surface area contributed by atoms with Crippen molar-refractivity contribution in [1.29, 1.82) is 0 Å². The number of rotatable bonds is 7. The average molecular weight is 453 g/mol. The number of piperazine rings is 1. The Labute approximate surface area is 185 Å². The number of likely N-dealkylation sites (tertiary alicyclic amines) is 1. The topological polar surface area (TPSA) is 116 Å². The summed E-state index contributed by atoms with van der Waals surface area (Å²) in [6.45, 7) is 5.93. The van der Waals surface area contributed by atoms with Crippen LogP contribution in [0.4, 0.5) is 10.5 Å². The van der Waals surface area contributed by atoms with Gasteiger partial charge in [0.2, 0.25) is 0 Å². The zero-order valence-electron chi connectivity index (χ0n) is 17.5.